The normalized spacial score (nSPS) is 16.8. The van der Waals surface area contributed by atoms with E-state index in [1.807, 2.05) is 40.0 Å². The average molecular weight is 554 g/mol. The molecule has 0 heterocycles. The third-order valence-corrected chi connectivity index (χ3v) is 8.36. The van der Waals surface area contributed by atoms with Crippen molar-refractivity contribution in [2.45, 2.75) is 59.1 Å². The number of aldehydes is 1. The lowest BCUT2D eigenvalue weighted by molar-refractivity contribution is -0.136. The van der Waals surface area contributed by atoms with Crippen LogP contribution in [0.1, 0.15) is 62.3 Å². The van der Waals surface area contributed by atoms with Crippen LogP contribution in [0.3, 0.4) is 0 Å². The first-order valence-corrected chi connectivity index (χ1v) is 14.6. The SMILES string of the molecule is C=C/C(C)=C(C=O)\C(=C/C)C(OCC1(CCO)CC1)(c1ccc(C)cc1)N(C)CC(=C)c1ccccc1C/C=C\C. The van der Waals surface area contributed by atoms with E-state index < -0.39 is 5.72 Å². The summed E-state index contributed by atoms with van der Waals surface area (Å²) in [6.07, 6.45) is 12.4. The molecule has 1 N–H and O–H groups in total. The highest BCUT2D eigenvalue weighted by Gasteiger charge is 2.49. The summed E-state index contributed by atoms with van der Waals surface area (Å²) in [4.78, 5) is 14.9. The second-order valence-electron chi connectivity index (χ2n) is 11.3. The molecule has 0 amide bonds. The Hall–Kier alpha value is -3.31. The fraction of sp³-hybridized carbons (Fsp3) is 0.378. The van der Waals surface area contributed by atoms with Gasteiger partial charge in [0.1, 0.15) is 0 Å². The fourth-order valence-corrected chi connectivity index (χ4v) is 5.55. The van der Waals surface area contributed by atoms with Gasteiger partial charge >= 0.3 is 0 Å². The van der Waals surface area contributed by atoms with Crippen molar-refractivity contribution < 1.29 is 14.6 Å². The lowest BCUT2D eigenvalue weighted by Gasteiger charge is -2.45. The first-order valence-electron chi connectivity index (χ1n) is 14.6. The second-order valence-corrected chi connectivity index (χ2v) is 11.3. The molecule has 41 heavy (non-hydrogen) atoms. The quantitative estimate of drug-likeness (QED) is 0.0759. The molecule has 2 aromatic rings. The lowest BCUT2D eigenvalue weighted by atomic mass is 9.84. The van der Waals surface area contributed by atoms with Crippen LogP contribution in [0.5, 0.6) is 0 Å². The van der Waals surface area contributed by atoms with Crippen LogP contribution in [0.25, 0.3) is 5.57 Å². The molecule has 0 bridgehead atoms. The predicted octanol–water partition coefficient (Wildman–Crippen LogP) is 7.74. The Morgan fingerprint density at radius 2 is 1.83 bits per heavy atom. The zero-order valence-electron chi connectivity index (χ0n) is 25.6. The highest BCUT2D eigenvalue weighted by molar-refractivity contribution is 5.83. The molecule has 1 atom stereocenters. The number of allylic oxidation sites excluding steroid dienone is 5. The molecule has 1 aliphatic carbocycles. The van der Waals surface area contributed by atoms with E-state index in [9.17, 15) is 9.90 Å². The Morgan fingerprint density at radius 1 is 1.15 bits per heavy atom. The number of nitrogens with zero attached hydrogens (tertiary/aromatic N) is 1. The van der Waals surface area contributed by atoms with Gasteiger partial charge in [-0.15, -0.1) is 0 Å². The first kappa shape index (κ1) is 32.2. The maximum atomic E-state index is 12.7. The molecule has 0 spiro atoms. The molecule has 0 aliphatic heterocycles. The van der Waals surface area contributed by atoms with Gasteiger partial charge in [-0.2, -0.15) is 0 Å². The monoisotopic (exact) mass is 553 g/mol. The van der Waals surface area contributed by atoms with Crippen molar-refractivity contribution in [1.82, 2.24) is 4.90 Å². The van der Waals surface area contributed by atoms with Crippen molar-refractivity contribution in [2.24, 2.45) is 5.41 Å². The van der Waals surface area contributed by atoms with Crippen LogP contribution < -0.4 is 0 Å². The molecule has 4 heteroatoms. The molecule has 1 unspecified atom stereocenters. The summed E-state index contributed by atoms with van der Waals surface area (Å²) in [6, 6.07) is 16.7. The highest BCUT2D eigenvalue weighted by Crippen LogP contribution is 2.51. The van der Waals surface area contributed by atoms with Crippen LogP contribution in [-0.4, -0.2) is 43.1 Å². The van der Waals surface area contributed by atoms with Crippen LogP contribution in [0.15, 0.2) is 103 Å². The van der Waals surface area contributed by atoms with Gasteiger partial charge in [0.2, 0.25) is 0 Å². The summed E-state index contributed by atoms with van der Waals surface area (Å²) in [5, 5.41) is 9.79. The molecule has 4 nitrogen and oxygen atoms in total. The Labute approximate surface area is 247 Å². The number of hydrogen-bond acceptors (Lipinski definition) is 4. The van der Waals surface area contributed by atoms with Crippen LogP contribution in [0.4, 0.5) is 0 Å². The van der Waals surface area contributed by atoms with Crippen LogP contribution in [0, 0.1) is 12.3 Å². The smallest absolute Gasteiger partial charge is 0.174 e. The Balaban J connectivity index is 2.21. The van der Waals surface area contributed by atoms with Gasteiger partial charge in [0.05, 0.1) is 6.61 Å². The van der Waals surface area contributed by atoms with E-state index in [-0.39, 0.29) is 12.0 Å². The molecule has 1 fully saturated rings. The summed E-state index contributed by atoms with van der Waals surface area (Å²) in [5.74, 6) is 0. The van der Waals surface area contributed by atoms with Gasteiger partial charge in [0.25, 0.3) is 0 Å². The van der Waals surface area contributed by atoms with Crippen LogP contribution in [0.2, 0.25) is 0 Å². The maximum absolute atomic E-state index is 12.7. The molecule has 2 aromatic carbocycles. The minimum atomic E-state index is -1.09. The lowest BCUT2D eigenvalue weighted by Crippen LogP contribution is -2.50. The summed E-state index contributed by atoms with van der Waals surface area (Å²) in [6.45, 7) is 17.5. The number of aliphatic hydroxyl groups excluding tert-OH is 1. The molecular formula is C37H47NO3. The largest absolute Gasteiger partial charge is 0.396 e. The van der Waals surface area contributed by atoms with Crippen molar-refractivity contribution in [2.75, 3.05) is 26.8 Å². The standard InChI is InChI=1S/C37H47NO3/c1-8-11-14-31-15-12-13-16-33(31)30(6)25-38(7)37(32-19-17-28(4)18-20-32,41-27-36(21-22-36)23-24-39)35(10-3)34(26-40)29(5)9-2/h8-13,15-20,26,39H,2,6,14,21-25,27H2,1,3-5,7H3/b11-8-,34-29-,35-10+. The number of carbonyl (C=O) groups excluding carboxylic acids is 1. The third-order valence-electron chi connectivity index (χ3n) is 8.36. The van der Waals surface area contributed by atoms with E-state index in [0.717, 1.165) is 59.0 Å². The van der Waals surface area contributed by atoms with Gasteiger partial charge in [-0.3, -0.25) is 9.69 Å². The number of carbonyl (C=O) groups is 1. The van der Waals surface area contributed by atoms with E-state index in [0.29, 0.717) is 25.1 Å². The maximum Gasteiger partial charge on any atom is 0.174 e. The van der Waals surface area contributed by atoms with Crippen molar-refractivity contribution >= 4 is 11.9 Å². The number of hydrogen-bond donors (Lipinski definition) is 1. The first-order chi connectivity index (χ1) is 19.7. The second kappa shape index (κ2) is 14.5. The summed E-state index contributed by atoms with van der Waals surface area (Å²) < 4.78 is 7.13. The van der Waals surface area contributed by atoms with Gasteiger partial charge in [0, 0.05) is 29.9 Å². The zero-order valence-corrected chi connectivity index (χ0v) is 25.6. The molecule has 0 radical (unpaired) electrons. The zero-order chi connectivity index (χ0) is 30.0. The number of rotatable bonds is 16. The van der Waals surface area contributed by atoms with Crippen molar-refractivity contribution in [3.05, 3.63) is 125 Å². The van der Waals surface area contributed by atoms with Gasteiger partial charge in [-0.05, 0) is 88.1 Å². The molecular weight excluding hydrogens is 506 g/mol. The van der Waals surface area contributed by atoms with Gasteiger partial charge in [0.15, 0.2) is 12.0 Å². The Morgan fingerprint density at radius 3 is 2.39 bits per heavy atom. The van der Waals surface area contributed by atoms with Crippen molar-refractivity contribution in [3.63, 3.8) is 0 Å². The number of aliphatic hydroxyl groups is 1. The fourth-order valence-electron chi connectivity index (χ4n) is 5.55. The molecule has 1 aliphatic rings. The number of likely N-dealkylation sites (N-methyl/N-ethyl adjacent to an activating group) is 1. The topological polar surface area (TPSA) is 49.8 Å². The van der Waals surface area contributed by atoms with Crippen LogP contribution in [-0.2, 0) is 21.7 Å². The number of ether oxygens (including phenoxy) is 1. The van der Waals surface area contributed by atoms with E-state index >= 15 is 0 Å². The molecule has 218 valence electrons. The predicted molar refractivity (Wildman–Crippen MR) is 172 cm³/mol. The van der Waals surface area contributed by atoms with E-state index in [1.165, 1.54) is 5.56 Å². The molecule has 1 saturated carbocycles. The summed E-state index contributed by atoms with van der Waals surface area (Å²) in [5.41, 5.74) is 6.34. The number of benzene rings is 2. The summed E-state index contributed by atoms with van der Waals surface area (Å²) >= 11 is 0. The van der Waals surface area contributed by atoms with Crippen molar-refractivity contribution in [1.29, 1.82) is 0 Å². The van der Waals surface area contributed by atoms with Crippen molar-refractivity contribution in [3.8, 4) is 0 Å². The van der Waals surface area contributed by atoms with Gasteiger partial charge in [-0.25, -0.2) is 0 Å². The van der Waals surface area contributed by atoms with Gasteiger partial charge in [-0.1, -0.05) is 91.6 Å². The minimum Gasteiger partial charge on any atom is -0.396 e. The van der Waals surface area contributed by atoms with Gasteiger partial charge < -0.3 is 9.84 Å². The van der Waals surface area contributed by atoms with E-state index in [4.69, 9.17) is 4.74 Å². The van der Waals surface area contributed by atoms with E-state index in [2.05, 4.69) is 79.6 Å². The molecule has 0 saturated heterocycles. The van der Waals surface area contributed by atoms with Crippen LogP contribution >= 0.6 is 0 Å². The Kier molecular flexibility index (Phi) is 11.4. The minimum absolute atomic E-state index is 0.0565. The third kappa shape index (κ3) is 7.32. The highest BCUT2D eigenvalue weighted by atomic mass is 16.5. The Bertz CT molecular complexity index is 1310. The molecule has 0 aromatic heterocycles. The van der Waals surface area contributed by atoms with E-state index in [1.54, 1.807) is 6.08 Å². The number of aryl methyl sites for hydroxylation is 1. The summed E-state index contributed by atoms with van der Waals surface area (Å²) in [7, 11) is 2.04. The molecule has 3 rings (SSSR count). The average Bonchev–Trinajstić information content (AvgIpc) is 3.75.